The largest absolute Gasteiger partial charge is 0.369 e. The number of hydrogen-bond acceptors (Lipinski definition) is 5. The zero-order valence-electron chi connectivity index (χ0n) is 19.4. The molecule has 0 spiro atoms. The third-order valence-electron chi connectivity index (χ3n) is 6.68. The Hall–Kier alpha value is -3.77. The Bertz CT molecular complexity index is 1450. The van der Waals surface area contributed by atoms with Gasteiger partial charge in [0.1, 0.15) is 0 Å². The van der Waals surface area contributed by atoms with Gasteiger partial charge < -0.3 is 10.2 Å². The fourth-order valence-electron chi connectivity index (χ4n) is 4.87. The van der Waals surface area contributed by atoms with Crippen LogP contribution in [0.25, 0.3) is 38.8 Å². The average molecular weight is 449 g/mol. The number of fused-ring (bicyclic) bond motifs is 2. The lowest BCUT2D eigenvalue weighted by Crippen LogP contribution is -2.43. The summed E-state index contributed by atoms with van der Waals surface area (Å²) >= 11 is 0. The van der Waals surface area contributed by atoms with Crippen molar-refractivity contribution in [2.45, 2.75) is 19.8 Å². The first-order valence-electron chi connectivity index (χ1n) is 12.1. The molecule has 5 aromatic rings. The van der Waals surface area contributed by atoms with E-state index in [2.05, 4.69) is 82.0 Å². The van der Waals surface area contributed by atoms with Gasteiger partial charge in [0.05, 0.1) is 11.7 Å². The molecule has 1 saturated heterocycles. The van der Waals surface area contributed by atoms with Crippen LogP contribution in [0.4, 0.5) is 5.69 Å². The Balaban J connectivity index is 1.33. The van der Waals surface area contributed by atoms with Crippen LogP contribution in [0.2, 0.25) is 0 Å². The molecule has 0 radical (unpaired) electrons. The minimum Gasteiger partial charge on any atom is -0.369 e. The number of aromatic nitrogens is 4. The van der Waals surface area contributed by atoms with Crippen molar-refractivity contribution in [2.75, 3.05) is 31.1 Å². The number of pyridine rings is 1. The number of nitrogens with zero attached hydrogens (tertiary/aromatic N) is 5. The molecule has 1 aliphatic heterocycles. The molecule has 3 aromatic heterocycles. The maximum atomic E-state index is 4.82. The lowest BCUT2D eigenvalue weighted by molar-refractivity contribution is 0.589. The SMILES string of the molecule is CCCc1ccc2c(-c3cnn4cc(-c5ccc(N6CCNCC6)cc5)cnc34)ccnc2c1. The molecule has 0 amide bonds. The zero-order valence-corrected chi connectivity index (χ0v) is 19.4. The Labute approximate surface area is 199 Å². The van der Waals surface area contributed by atoms with E-state index in [1.54, 1.807) is 0 Å². The van der Waals surface area contributed by atoms with Crippen LogP contribution in [0.1, 0.15) is 18.9 Å². The van der Waals surface area contributed by atoms with Gasteiger partial charge in [-0.1, -0.05) is 37.6 Å². The highest BCUT2D eigenvalue weighted by Gasteiger charge is 2.14. The number of piperazine rings is 1. The van der Waals surface area contributed by atoms with Crippen molar-refractivity contribution in [2.24, 2.45) is 0 Å². The van der Waals surface area contributed by atoms with Gasteiger partial charge in [0.15, 0.2) is 5.65 Å². The molecule has 6 heteroatoms. The molecule has 6 rings (SSSR count). The molecule has 0 aliphatic carbocycles. The second-order valence-electron chi connectivity index (χ2n) is 8.91. The maximum absolute atomic E-state index is 4.82. The van der Waals surface area contributed by atoms with E-state index in [4.69, 9.17) is 4.98 Å². The molecule has 0 unspecified atom stereocenters. The highest BCUT2D eigenvalue weighted by molar-refractivity contribution is 5.97. The van der Waals surface area contributed by atoms with E-state index < -0.39 is 0 Å². The standard InChI is InChI=1S/C28H28N6/c1-2-3-20-4-9-25-24(10-11-30-27(25)16-20)26-18-32-34-19-22(17-31-28(26)34)21-5-7-23(8-6-21)33-14-12-29-13-15-33/h4-11,16-19,29H,2-3,12-15H2,1H3. The summed E-state index contributed by atoms with van der Waals surface area (Å²) in [5, 5.41) is 9.18. The number of anilines is 1. The molecule has 1 N–H and O–H groups in total. The number of benzene rings is 2. The monoisotopic (exact) mass is 448 g/mol. The van der Waals surface area contributed by atoms with Gasteiger partial charge in [-0.2, -0.15) is 5.10 Å². The highest BCUT2D eigenvalue weighted by atomic mass is 15.2. The minimum atomic E-state index is 0.853. The fourth-order valence-corrected chi connectivity index (χ4v) is 4.87. The summed E-state index contributed by atoms with van der Waals surface area (Å²) in [6.07, 6.45) is 10.0. The number of nitrogens with one attached hydrogen (secondary N) is 1. The number of aryl methyl sites for hydroxylation is 1. The van der Waals surface area contributed by atoms with Crippen molar-refractivity contribution >= 4 is 22.2 Å². The Morgan fingerprint density at radius 1 is 0.882 bits per heavy atom. The van der Waals surface area contributed by atoms with E-state index in [1.165, 1.54) is 11.3 Å². The smallest absolute Gasteiger partial charge is 0.162 e. The second kappa shape index (κ2) is 8.88. The quantitative estimate of drug-likeness (QED) is 0.411. The Kier molecular flexibility index (Phi) is 5.43. The molecule has 1 aliphatic rings. The van der Waals surface area contributed by atoms with E-state index in [0.717, 1.165) is 77.8 Å². The summed E-state index contributed by atoms with van der Waals surface area (Å²) in [6, 6.07) is 17.4. The molecule has 2 aromatic carbocycles. The van der Waals surface area contributed by atoms with Crippen molar-refractivity contribution in [1.29, 1.82) is 0 Å². The summed E-state index contributed by atoms with van der Waals surface area (Å²) in [4.78, 5) is 11.9. The van der Waals surface area contributed by atoms with Crippen LogP contribution in [-0.4, -0.2) is 45.8 Å². The molecule has 6 nitrogen and oxygen atoms in total. The van der Waals surface area contributed by atoms with Crippen molar-refractivity contribution < 1.29 is 0 Å². The average Bonchev–Trinajstić information content (AvgIpc) is 3.32. The van der Waals surface area contributed by atoms with Gasteiger partial charge in [0, 0.05) is 67.0 Å². The van der Waals surface area contributed by atoms with Gasteiger partial charge in [-0.15, -0.1) is 0 Å². The molecular weight excluding hydrogens is 420 g/mol. The van der Waals surface area contributed by atoms with Gasteiger partial charge in [-0.05, 0) is 47.4 Å². The normalized spacial score (nSPS) is 14.2. The van der Waals surface area contributed by atoms with E-state index in [9.17, 15) is 0 Å². The first-order valence-corrected chi connectivity index (χ1v) is 12.1. The molecule has 1 fully saturated rings. The molecule has 0 saturated carbocycles. The van der Waals surface area contributed by atoms with Crippen molar-refractivity contribution in [3.05, 3.63) is 78.9 Å². The lowest BCUT2D eigenvalue weighted by atomic mass is 10.0. The van der Waals surface area contributed by atoms with Gasteiger partial charge in [-0.25, -0.2) is 9.50 Å². The summed E-state index contributed by atoms with van der Waals surface area (Å²) in [5.74, 6) is 0. The maximum Gasteiger partial charge on any atom is 0.162 e. The predicted molar refractivity (Wildman–Crippen MR) is 138 cm³/mol. The van der Waals surface area contributed by atoms with Crippen molar-refractivity contribution in [1.82, 2.24) is 24.9 Å². The summed E-state index contributed by atoms with van der Waals surface area (Å²) < 4.78 is 1.88. The number of hydrogen-bond donors (Lipinski definition) is 1. The minimum absolute atomic E-state index is 0.853. The molecule has 0 atom stereocenters. The summed E-state index contributed by atoms with van der Waals surface area (Å²) in [7, 11) is 0. The molecule has 34 heavy (non-hydrogen) atoms. The van der Waals surface area contributed by atoms with Crippen LogP contribution >= 0.6 is 0 Å². The first-order chi connectivity index (χ1) is 16.8. The third kappa shape index (κ3) is 3.80. The van der Waals surface area contributed by atoms with Crippen LogP contribution in [0.3, 0.4) is 0 Å². The molecule has 0 bridgehead atoms. The fraction of sp³-hybridized carbons (Fsp3) is 0.250. The van der Waals surface area contributed by atoms with E-state index in [-0.39, 0.29) is 0 Å². The number of rotatable bonds is 5. The van der Waals surface area contributed by atoms with Crippen LogP contribution in [-0.2, 0) is 6.42 Å². The first kappa shape index (κ1) is 20.8. The van der Waals surface area contributed by atoms with Gasteiger partial charge in [0.2, 0.25) is 0 Å². The zero-order chi connectivity index (χ0) is 22.9. The topological polar surface area (TPSA) is 58.4 Å². The summed E-state index contributed by atoms with van der Waals surface area (Å²) in [5.41, 5.74) is 8.80. The molecule has 4 heterocycles. The third-order valence-corrected chi connectivity index (χ3v) is 6.68. The highest BCUT2D eigenvalue weighted by Crippen LogP contribution is 2.31. The van der Waals surface area contributed by atoms with E-state index in [1.807, 2.05) is 23.1 Å². The van der Waals surface area contributed by atoms with Crippen LogP contribution in [0, 0.1) is 0 Å². The second-order valence-corrected chi connectivity index (χ2v) is 8.91. The van der Waals surface area contributed by atoms with Gasteiger partial charge >= 0.3 is 0 Å². The van der Waals surface area contributed by atoms with Gasteiger partial charge in [0.25, 0.3) is 0 Å². The van der Waals surface area contributed by atoms with Crippen LogP contribution < -0.4 is 10.2 Å². The predicted octanol–water partition coefficient (Wildman–Crippen LogP) is 4.97. The van der Waals surface area contributed by atoms with Crippen LogP contribution in [0.5, 0.6) is 0 Å². The van der Waals surface area contributed by atoms with Crippen molar-refractivity contribution in [3.8, 4) is 22.3 Å². The molecule has 170 valence electrons. The lowest BCUT2D eigenvalue weighted by Gasteiger charge is -2.29. The Morgan fingerprint density at radius 3 is 2.56 bits per heavy atom. The van der Waals surface area contributed by atoms with Crippen LogP contribution in [0.15, 0.2) is 73.3 Å². The van der Waals surface area contributed by atoms with E-state index >= 15 is 0 Å². The molecular formula is C28H28N6. The van der Waals surface area contributed by atoms with Gasteiger partial charge in [-0.3, -0.25) is 4.98 Å². The summed E-state index contributed by atoms with van der Waals surface area (Å²) in [6.45, 7) is 6.38. The van der Waals surface area contributed by atoms with E-state index in [0.29, 0.717) is 0 Å². The van der Waals surface area contributed by atoms with Crippen molar-refractivity contribution in [3.63, 3.8) is 0 Å². The Morgan fingerprint density at radius 2 is 1.74 bits per heavy atom.